The van der Waals surface area contributed by atoms with Crippen LogP contribution in [0.2, 0.25) is 0 Å². The van der Waals surface area contributed by atoms with Crippen LogP contribution in [0.3, 0.4) is 0 Å². The molecule has 3 atom stereocenters. The van der Waals surface area contributed by atoms with Gasteiger partial charge in [0.1, 0.15) is 0 Å². The van der Waals surface area contributed by atoms with Crippen LogP contribution < -0.4 is 0 Å². The average molecular weight is 560 g/mol. The van der Waals surface area contributed by atoms with Crippen molar-refractivity contribution >= 4 is 0 Å². The fraction of sp³-hybridized carbons (Fsp3) is 0.913. The third-order valence-electron chi connectivity index (χ3n) is 7.87. The average Bonchev–Trinajstić information content (AvgIpc) is 2.66. The standard InChI is InChI=1S/C12H24NO.C11H22NO.2Y/c1-6-11(4)9-8-10(3)12(5,7-2)13(11)14;1-5-11(6-2)9-7-8-10(3,4)12(11)13;;/h8,10,14H,6-7,9H2,1-5H3;7,13H,5-6,8-9H2,1-4H3;;/q2*-1;;. The molecule has 4 nitrogen and oxygen atoms in total. The van der Waals surface area contributed by atoms with E-state index in [0.717, 1.165) is 44.9 Å². The van der Waals surface area contributed by atoms with Crippen LogP contribution in [0.5, 0.6) is 0 Å². The fourth-order valence-corrected chi connectivity index (χ4v) is 4.69. The van der Waals surface area contributed by atoms with Crippen molar-refractivity contribution in [2.75, 3.05) is 0 Å². The Bertz CT molecular complexity index is 474. The van der Waals surface area contributed by atoms with Crippen LogP contribution in [0.25, 0.3) is 0 Å². The number of hydrogen-bond donors (Lipinski definition) is 2. The third-order valence-corrected chi connectivity index (χ3v) is 7.87. The van der Waals surface area contributed by atoms with Crippen molar-refractivity contribution in [3.05, 3.63) is 12.8 Å². The summed E-state index contributed by atoms with van der Waals surface area (Å²) in [6.45, 7) is 19.3. The van der Waals surface area contributed by atoms with E-state index in [1.807, 2.05) is 0 Å². The molecule has 0 spiro atoms. The van der Waals surface area contributed by atoms with Crippen LogP contribution in [0, 0.1) is 18.8 Å². The Morgan fingerprint density at radius 3 is 1.69 bits per heavy atom. The van der Waals surface area contributed by atoms with Crippen LogP contribution in [0.4, 0.5) is 0 Å². The molecular formula is C23H46N2O2Y2-2. The van der Waals surface area contributed by atoms with Crippen molar-refractivity contribution < 1.29 is 75.8 Å². The van der Waals surface area contributed by atoms with E-state index in [-0.39, 0.29) is 87.6 Å². The summed E-state index contributed by atoms with van der Waals surface area (Å²) in [6, 6.07) is 0. The second-order valence-electron chi connectivity index (χ2n) is 9.85. The first-order valence-corrected chi connectivity index (χ1v) is 11.0. The summed E-state index contributed by atoms with van der Waals surface area (Å²) < 4.78 is 0. The van der Waals surface area contributed by atoms with E-state index in [1.54, 1.807) is 10.1 Å². The van der Waals surface area contributed by atoms with Gasteiger partial charge in [-0.1, -0.05) is 34.6 Å². The minimum Gasteiger partial charge on any atom is -0.325 e. The second-order valence-corrected chi connectivity index (χ2v) is 9.85. The first-order valence-electron chi connectivity index (χ1n) is 11.0. The first-order chi connectivity index (χ1) is 12.4. The van der Waals surface area contributed by atoms with E-state index in [0.29, 0.717) is 5.92 Å². The monoisotopic (exact) mass is 560 g/mol. The van der Waals surface area contributed by atoms with E-state index in [4.69, 9.17) is 0 Å². The zero-order valence-electron chi connectivity index (χ0n) is 20.6. The molecule has 2 rings (SSSR count). The molecule has 0 aromatic carbocycles. The minimum absolute atomic E-state index is 0. The molecule has 0 aliphatic carbocycles. The molecule has 2 aliphatic heterocycles. The van der Waals surface area contributed by atoms with Crippen LogP contribution in [0.15, 0.2) is 0 Å². The summed E-state index contributed by atoms with van der Waals surface area (Å²) >= 11 is 0. The number of hydrogen-bond acceptors (Lipinski definition) is 4. The van der Waals surface area contributed by atoms with Crippen LogP contribution >= 0.6 is 0 Å². The molecule has 29 heavy (non-hydrogen) atoms. The van der Waals surface area contributed by atoms with Gasteiger partial charge in [-0.15, -0.1) is 5.92 Å². The molecule has 0 aromatic rings. The van der Waals surface area contributed by atoms with Crippen molar-refractivity contribution in [1.82, 2.24) is 10.1 Å². The maximum Gasteiger partial charge on any atom is 0.0192 e. The Balaban J connectivity index is 0. The Labute approximate surface area is 232 Å². The van der Waals surface area contributed by atoms with Crippen LogP contribution in [0.1, 0.15) is 107 Å². The number of hydroxylamine groups is 4. The topological polar surface area (TPSA) is 46.9 Å². The molecule has 6 heteroatoms. The number of rotatable bonds is 4. The molecule has 0 aromatic heterocycles. The Morgan fingerprint density at radius 1 is 0.793 bits per heavy atom. The van der Waals surface area contributed by atoms with Gasteiger partial charge in [-0.3, -0.25) is 0 Å². The molecule has 3 unspecified atom stereocenters. The van der Waals surface area contributed by atoms with Gasteiger partial charge in [-0.2, -0.15) is 29.4 Å². The summed E-state index contributed by atoms with van der Waals surface area (Å²) in [5.41, 5.74) is -0.272. The van der Waals surface area contributed by atoms with Crippen LogP contribution in [-0.4, -0.2) is 42.7 Å². The van der Waals surface area contributed by atoms with E-state index in [9.17, 15) is 10.4 Å². The summed E-state index contributed by atoms with van der Waals surface area (Å²) in [4.78, 5) is 0. The van der Waals surface area contributed by atoms with Crippen molar-refractivity contribution in [1.29, 1.82) is 0 Å². The normalized spacial score (nSPS) is 34.2. The molecule has 2 fully saturated rings. The SMILES string of the molecule is CCC1(C)C[CH-]C(C)C(C)(CC)N1O.CCC1(CC)C[CH-]CC(C)(C)N1O.[Y].[Y]. The molecular weight excluding hydrogens is 514 g/mol. The molecule has 2 aliphatic rings. The Hall–Kier alpha value is 2.05. The molecule has 2 radical (unpaired) electrons. The maximum absolute atomic E-state index is 10.3. The van der Waals surface area contributed by atoms with E-state index in [2.05, 4.69) is 75.2 Å². The number of piperidine rings is 2. The molecule has 2 saturated heterocycles. The minimum atomic E-state index is -0.0942. The summed E-state index contributed by atoms with van der Waals surface area (Å²) in [5, 5.41) is 23.7. The Morgan fingerprint density at radius 2 is 1.31 bits per heavy atom. The summed E-state index contributed by atoms with van der Waals surface area (Å²) in [5.74, 6) is 0.456. The van der Waals surface area contributed by atoms with Crippen molar-refractivity contribution in [3.63, 3.8) is 0 Å². The number of nitrogens with zero attached hydrogens (tertiary/aromatic N) is 2. The largest absolute Gasteiger partial charge is 0.325 e. The maximum atomic E-state index is 10.3. The Kier molecular flexibility index (Phi) is 15.0. The van der Waals surface area contributed by atoms with Crippen LogP contribution in [-0.2, 0) is 65.4 Å². The molecule has 168 valence electrons. The predicted octanol–water partition coefficient (Wildman–Crippen LogP) is 6.27. The molecule has 0 saturated carbocycles. The van der Waals surface area contributed by atoms with Gasteiger partial charge in [0.15, 0.2) is 0 Å². The summed E-state index contributed by atoms with van der Waals surface area (Å²) in [7, 11) is 0. The quantitative estimate of drug-likeness (QED) is 0.399. The molecule has 0 bridgehead atoms. The van der Waals surface area contributed by atoms with Crippen molar-refractivity contribution in [3.8, 4) is 0 Å². The van der Waals surface area contributed by atoms with Gasteiger partial charge in [0.05, 0.1) is 0 Å². The molecule has 0 amide bonds. The zero-order chi connectivity index (χ0) is 21.1. The predicted molar refractivity (Wildman–Crippen MR) is 114 cm³/mol. The van der Waals surface area contributed by atoms with E-state index < -0.39 is 0 Å². The van der Waals surface area contributed by atoms with Gasteiger partial charge in [0.2, 0.25) is 0 Å². The van der Waals surface area contributed by atoms with Gasteiger partial charge in [0, 0.05) is 87.6 Å². The summed E-state index contributed by atoms with van der Waals surface area (Å²) in [6.07, 6.45) is 11.7. The second kappa shape index (κ2) is 13.1. The van der Waals surface area contributed by atoms with E-state index in [1.165, 1.54) is 0 Å². The van der Waals surface area contributed by atoms with Gasteiger partial charge >= 0.3 is 0 Å². The van der Waals surface area contributed by atoms with Crippen molar-refractivity contribution in [2.45, 2.75) is 129 Å². The van der Waals surface area contributed by atoms with Gasteiger partial charge in [-0.25, -0.2) is 0 Å². The third kappa shape index (κ3) is 7.02. The van der Waals surface area contributed by atoms with Gasteiger partial charge < -0.3 is 23.3 Å². The fourth-order valence-electron chi connectivity index (χ4n) is 4.69. The molecule has 2 heterocycles. The first kappa shape index (κ1) is 33.2. The zero-order valence-corrected chi connectivity index (χ0v) is 26.3. The van der Waals surface area contributed by atoms with Gasteiger partial charge in [-0.05, 0) is 53.4 Å². The molecule has 2 N–H and O–H groups in total. The van der Waals surface area contributed by atoms with E-state index >= 15 is 0 Å². The smallest absolute Gasteiger partial charge is 0.0192 e. The van der Waals surface area contributed by atoms with Gasteiger partial charge in [0.25, 0.3) is 0 Å². The van der Waals surface area contributed by atoms with Crippen molar-refractivity contribution in [2.24, 2.45) is 5.92 Å².